The summed E-state index contributed by atoms with van der Waals surface area (Å²) in [7, 11) is -3.22. The number of benzene rings is 2. The molecule has 0 fully saturated rings. The van der Waals surface area contributed by atoms with E-state index in [1.54, 1.807) is 24.5 Å². The van der Waals surface area contributed by atoms with Crippen molar-refractivity contribution >= 4 is 32.5 Å². The van der Waals surface area contributed by atoms with Gasteiger partial charge in [0.1, 0.15) is 22.8 Å². The Kier molecular flexibility index (Phi) is 4.62. The Hall–Kier alpha value is -3.52. The Balaban J connectivity index is 1.46. The van der Waals surface area contributed by atoms with Gasteiger partial charge in [0.15, 0.2) is 15.5 Å². The highest BCUT2D eigenvalue weighted by Gasteiger charge is 2.07. The van der Waals surface area contributed by atoms with Gasteiger partial charge in [0.2, 0.25) is 0 Å². The minimum absolute atomic E-state index is 0.256. The lowest BCUT2D eigenvalue weighted by molar-refractivity contribution is 0.482. The lowest BCUT2D eigenvalue weighted by Gasteiger charge is -2.09. The molecule has 4 aromatic rings. The summed E-state index contributed by atoms with van der Waals surface area (Å²) in [5.74, 6) is 1.86. The van der Waals surface area contributed by atoms with E-state index in [4.69, 9.17) is 4.74 Å². The molecule has 1 N–H and O–H groups in total. The summed E-state index contributed by atoms with van der Waals surface area (Å²) >= 11 is 0. The maximum Gasteiger partial charge on any atom is 0.180 e. The second kappa shape index (κ2) is 7.24. The minimum Gasteiger partial charge on any atom is -0.457 e. The van der Waals surface area contributed by atoms with Gasteiger partial charge >= 0.3 is 0 Å². The van der Waals surface area contributed by atoms with E-state index in [2.05, 4.69) is 20.3 Å². The van der Waals surface area contributed by atoms with Crippen molar-refractivity contribution in [2.45, 2.75) is 4.90 Å². The molecule has 0 aliphatic rings. The second-order valence-electron chi connectivity index (χ2n) is 6.09. The molecule has 2 heterocycles. The number of aromatic nitrogens is 3. The number of ether oxygens (including phenoxy) is 1. The minimum atomic E-state index is -3.22. The van der Waals surface area contributed by atoms with E-state index in [1.165, 1.54) is 18.4 Å². The fourth-order valence-electron chi connectivity index (χ4n) is 2.57. The van der Waals surface area contributed by atoms with Gasteiger partial charge in [-0.3, -0.25) is 4.98 Å². The molecule has 8 heteroatoms. The molecule has 0 aliphatic carbocycles. The quantitative estimate of drug-likeness (QED) is 0.549. The Bertz CT molecular complexity index is 1220. The summed E-state index contributed by atoms with van der Waals surface area (Å²) in [5, 5.41) is 3.21. The molecule has 0 amide bonds. The molecule has 0 unspecified atom stereocenters. The van der Waals surface area contributed by atoms with Crippen molar-refractivity contribution in [1.82, 2.24) is 15.0 Å². The zero-order valence-electron chi connectivity index (χ0n) is 14.9. The van der Waals surface area contributed by atoms with Crippen LogP contribution in [0.15, 0.2) is 78.0 Å². The molecule has 4 rings (SSSR count). The first-order chi connectivity index (χ1) is 13.5. The molecule has 7 nitrogen and oxygen atoms in total. The van der Waals surface area contributed by atoms with Gasteiger partial charge in [-0.25, -0.2) is 18.4 Å². The standard InChI is InChI=1S/C20H16N4O3S/c1-28(25,26)17-8-6-16(7-9-17)27-15-4-2-14(3-5-15)23-19-11-10-18-20(24-19)22-13-12-21-18/h2-13H,1H3,(H,22,23,24). The highest BCUT2D eigenvalue weighted by molar-refractivity contribution is 7.90. The molecule has 0 saturated heterocycles. The van der Waals surface area contributed by atoms with Crippen molar-refractivity contribution in [3.63, 3.8) is 0 Å². The molecular weight excluding hydrogens is 376 g/mol. The smallest absolute Gasteiger partial charge is 0.180 e. The number of pyridine rings is 1. The lowest BCUT2D eigenvalue weighted by atomic mass is 10.3. The van der Waals surface area contributed by atoms with E-state index in [0.29, 0.717) is 23.0 Å². The SMILES string of the molecule is CS(=O)(=O)c1ccc(Oc2ccc(Nc3ccc4nccnc4n3)cc2)cc1. The van der Waals surface area contributed by atoms with Crippen LogP contribution in [0, 0.1) is 0 Å². The first kappa shape index (κ1) is 17.9. The number of sulfone groups is 1. The number of fused-ring (bicyclic) bond motifs is 1. The molecule has 140 valence electrons. The van der Waals surface area contributed by atoms with Gasteiger partial charge < -0.3 is 10.1 Å². The zero-order valence-corrected chi connectivity index (χ0v) is 15.7. The van der Waals surface area contributed by atoms with Gasteiger partial charge in [0, 0.05) is 24.3 Å². The monoisotopic (exact) mass is 392 g/mol. The van der Waals surface area contributed by atoms with E-state index in [0.717, 1.165) is 11.2 Å². The Morgan fingerprint density at radius 2 is 1.46 bits per heavy atom. The Labute approximate surface area is 162 Å². The van der Waals surface area contributed by atoms with Crippen molar-refractivity contribution in [3.05, 3.63) is 73.1 Å². The van der Waals surface area contributed by atoms with Crippen LogP contribution >= 0.6 is 0 Å². The van der Waals surface area contributed by atoms with E-state index >= 15 is 0 Å². The molecule has 0 atom stereocenters. The van der Waals surface area contributed by atoms with Crippen molar-refractivity contribution in [3.8, 4) is 11.5 Å². The third-order valence-corrected chi connectivity index (χ3v) is 5.07. The average Bonchev–Trinajstić information content (AvgIpc) is 2.69. The summed E-state index contributed by atoms with van der Waals surface area (Å²) in [6.45, 7) is 0. The van der Waals surface area contributed by atoms with Gasteiger partial charge in [0.05, 0.1) is 4.90 Å². The van der Waals surface area contributed by atoms with Crippen LogP contribution in [0.4, 0.5) is 11.5 Å². The molecular formula is C20H16N4O3S. The maximum absolute atomic E-state index is 11.5. The maximum atomic E-state index is 11.5. The molecule has 0 bridgehead atoms. The van der Waals surface area contributed by atoms with Crippen LogP contribution in [0.1, 0.15) is 0 Å². The van der Waals surface area contributed by atoms with Crippen LogP contribution in [-0.4, -0.2) is 29.6 Å². The highest BCUT2D eigenvalue weighted by atomic mass is 32.2. The summed E-state index contributed by atoms with van der Waals surface area (Å²) in [6.07, 6.45) is 4.41. The van der Waals surface area contributed by atoms with E-state index in [1.807, 2.05) is 36.4 Å². The molecule has 28 heavy (non-hydrogen) atoms. The fourth-order valence-corrected chi connectivity index (χ4v) is 3.20. The van der Waals surface area contributed by atoms with Crippen LogP contribution in [0.5, 0.6) is 11.5 Å². The van der Waals surface area contributed by atoms with Gasteiger partial charge in [-0.05, 0) is 60.7 Å². The number of anilines is 2. The van der Waals surface area contributed by atoms with Crippen LogP contribution in [-0.2, 0) is 9.84 Å². The van der Waals surface area contributed by atoms with Crippen LogP contribution in [0.2, 0.25) is 0 Å². The highest BCUT2D eigenvalue weighted by Crippen LogP contribution is 2.25. The summed E-state index contributed by atoms with van der Waals surface area (Å²) in [4.78, 5) is 13.1. The zero-order chi connectivity index (χ0) is 19.6. The third-order valence-electron chi connectivity index (χ3n) is 3.95. The number of rotatable bonds is 5. The first-order valence-electron chi connectivity index (χ1n) is 8.40. The van der Waals surface area contributed by atoms with E-state index in [9.17, 15) is 8.42 Å². The topological polar surface area (TPSA) is 94.1 Å². The number of nitrogens with one attached hydrogen (secondary N) is 1. The Morgan fingerprint density at radius 3 is 2.14 bits per heavy atom. The Morgan fingerprint density at radius 1 is 0.821 bits per heavy atom. The van der Waals surface area contributed by atoms with Crippen LogP contribution in [0.3, 0.4) is 0 Å². The van der Waals surface area contributed by atoms with Gasteiger partial charge in [0.25, 0.3) is 0 Å². The van der Waals surface area contributed by atoms with Gasteiger partial charge in [-0.2, -0.15) is 0 Å². The van der Waals surface area contributed by atoms with Crippen molar-refractivity contribution in [2.75, 3.05) is 11.6 Å². The first-order valence-corrected chi connectivity index (χ1v) is 10.3. The summed E-state index contributed by atoms with van der Waals surface area (Å²) in [6, 6.07) is 17.3. The number of nitrogens with zero attached hydrogens (tertiary/aromatic N) is 3. The molecule has 0 saturated carbocycles. The predicted molar refractivity (Wildman–Crippen MR) is 107 cm³/mol. The number of hydrogen-bond acceptors (Lipinski definition) is 7. The van der Waals surface area contributed by atoms with E-state index in [-0.39, 0.29) is 4.90 Å². The van der Waals surface area contributed by atoms with Gasteiger partial charge in [-0.1, -0.05) is 0 Å². The van der Waals surface area contributed by atoms with Crippen molar-refractivity contribution in [1.29, 1.82) is 0 Å². The normalized spacial score (nSPS) is 11.3. The van der Waals surface area contributed by atoms with Gasteiger partial charge in [-0.15, -0.1) is 0 Å². The van der Waals surface area contributed by atoms with Crippen LogP contribution < -0.4 is 10.1 Å². The fraction of sp³-hybridized carbons (Fsp3) is 0.0500. The molecule has 0 spiro atoms. The second-order valence-corrected chi connectivity index (χ2v) is 8.11. The summed E-state index contributed by atoms with van der Waals surface area (Å²) in [5.41, 5.74) is 2.15. The molecule has 0 aliphatic heterocycles. The molecule has 2 aromatic carbocycles. The molecule has 2 aromatic heterocycles. The van der Waals surface area contributed by atoms with Crippen molar-refractivity contribution in [2.24, 2.45) is 0 Å². The predicted octanol–water partition coefficient (Wildman–Crippen LogP) is 3.96. The summed E-state index contributed by atoms with van der Waals surface area (Å²) < 4.78 is 28.8. The third kappa shape index (κ3) is 4.07. The average molecular weight is 392 g/mol. The van der Waals surface area contributed by atoms with Crippen LogP contribution in [0.25, 0.3) is 11.2 Å². The lowest BCUT2D eigenvalue weighted by Crippen LogP contribution is -1.96. The van der Waals surface area contributed by atoms with E-state index < -0.39 is 9.84 Å². The molecule has 0 radical (unpaired) electrons. The van der Waals surface area contributed by atoms with Crippen molar-refractivity contribution < 1.29 is 13.2 Å². The number of hydrogen-bond donors (Lipinski definition) is 1. The largest absolute Gasteiger partial charge is 0.457 e.